The maximum absolute atomic E-state index is 11.0. The molecule has 0 aliphatic heterocycles. The van der Waals surface area contributed by atoms with Crippen molar-refractivity contribution in [1.82, 2.24) is 15.3 Å². The lowest BCUT2D eigenvalue weighted by Crippen LogP contribution is -2.34. The maximum Gasteiger partial charge on any atom is 0.339 e. The Morgan fingerprint density at radius 2 is 2.33 bits per heavy atom. The van der Waals surface area contributed by atoms with Gasteiger partial charge in [-0.15, -0.1) is 0 Å². The largest absolute Gasteiger partial charge is 0.478 e. The first-order chi connectivity index (χ1) is 8.72. The van der Waals surface area contributed by atoms with Crippen LogP contribution in [0, 0.1) is 5.92 Å². The molecule has 6 nitrogen and oxygen atoms in total. The molecule has 0 spiro atoms. The molecule has 0 amide bonds. The Labute approximate surface area is 105 Å². The summed E-state index contributed by atoms with van der Waals surface area (Å²) in [7, 11) is 0. The van der Waals surface area contributed by atoms with Crippen molar-refractivity contribution >= 4 is 5.97 Å². The van der Waals surface area contributed by atoms with E-state index in [0.29, 0.717) is 12.2 Å². The van der Waals surface area contributed by atoms with Crippen LogP contribution in [0.5, 0.6) is 0 Å². The first-order valence-electron chi connectivity index (χ1n) is 6.08. The second kappa shape index (κ2) is 5.88. The van der Waals surface area contributed by atoms with Crippen LogP contribution in [0.1, 0.15) is 35.3 Å². The van der Waals surface area contributed by atoms with Gasteiger partial charge in [0, 0.05) is 25.4 Å². The lowest BCUT2D eigenvalue weighted by Gasteiger charge is -2.19. The fourth-order valence-electron chi connectivity index (χ4n) is 2.43. The van der Waals surface area contributed by atoms with E-state index >= 15 is 0 Å². The number of carbonyl (C=O) groups is 1. The van der Waals surface area contributed by atoms with E-state index in [1.54, 1.807) is 0 Å². The summed E-state index contributed by atoms with van der Waals surface area (Å²) < 4.78 is 0. The third-order valence-electron chi connectivity index (χ3n) is 3.45. The Morgan fingerprint density at radius 3 is 3.06 bits per heavy atom. The van der Waals surface area contributed by atoms with Gasteiger partial charge >= 0.3 is 5.97 Å². The maximum atomic E-state index is 11.0. The molecule has 3 N–H and O–H groups in total. The summed E-state index contributed by atoms with van der Waals surface area (Å²) in [6, 6.07) is 0.242. The summed E-state index contributed by atoms with van der Waals surface area (Å²) in [5, 5.41) is 21.5. The molecule has 98 valence electrons. The Morgan fingerprint density at radius 1 is 1.50 bits per heavy atom. The van der Waals surface area contributed by atoms with E-state index in [2.05, 4.69) is 15.3 Å². The summed E-state index contributed by atoms with van der Waals surface area (Å²) in [5.74, 6) is -0.752. The number of nitrogens with one attached hydrogen (secondary N) is 1. The van der Waals surface area contributed by atoms with Crippen molar-refractivity contribution in [2.24, 2.45) is 5.92 Å². The lowest BCUT2D eigenvalue weighted by atomic mass is 10.0. The molecule has 1 aromatic rings. The molecule has 1 aromatic heterocycles. The summed E-state index contributed by atoms with van der Waals surface area (Å²) in [6.45, 7) is 0.568. The molecule has 1 fully saturated rings. The van der Waals surface area contributed by atoms with Gasteiger partial charge in [0.2, 0.25) is 0 Å². The van der Waals surface area contributed by atoms with Crippen molar-refractivity contribution in [3.63, 3.8) is 0 Å². The second-order valence-corrected chi connectivity index (χ2v) is 4.55. The normalized spacial score (nSPS) is 23.2. The van der Waals surface area contributed by atoms with Gasteiger partial charge in [-0.05, 0) is 18.8 Å². The van der Waals surface area contributed by atoms with E-state index in [1.807, 2.05) is 0 Å². The number of hydrogen-bond acceptors (Lipinski definition) is 5. The highest BCUT2D eigenvalue weighted by molar-refractivity contribution is 5.88. The number of rotatable bonds is 5. The zero-order valence-electron chi connectivity index (χ0n) is 10.0. The van der Waals surface area contributed by atoms with E-state index in [1.165, 1.54) is 12.5 Å². The molecule has 1 heterocycles. The fraction of sp³-hybridized carbons (Fsp3) is 0.583. The second-order valence-electron chi connectivity index (χ2n) is 4.55. The Hall–Kier alpha value is -1.53. The molecule has 6 heteroatoms. The van der Waals surface area contributed by atoms with Crippen molar-refractivity contribution in [3.05, 3.63) is 23.8 Å². The minimum atomic E-state index is -1.02. The Balaban J connectivity index is 2.00. The van der Waals surface area contributed by atoms with Gasteiger partial charge in [0.15, 0.2) is 0 Å². The number of carboxylic acid groups (broad SMARTS) is 1. The van der Waals surface area contributed by atoms with Gasteiger partial charge in [-0.2, -0.15) is 0 Å². The highest BCUT2D eigenvalue weighted by Gasteiger charge is 2.26. The standard InChI is InChI=1S/C12H17N3O3/c16-6-8-2-1-3-10(8)14-5-11-9(12(17)18)4-13-7-15-11/h4,7-8,10,14,16H,1-3,5-6H2,(H,17,18). The predicted molar refractivity (Wildman–Crippen MR) is 64.0 cm³/mol. The van der Waals surface area contributed by atoms with Gasteiger partial charge in [-0.25, -0.2) is 14.8 Å². The first kappa shape index (κ1) is 12.9. The number of aromatic nitrogens is 2. The average molecular weight is 251 g/mol. The monoisotopic (exact) mass is 251 g/mol. The minimum Gasteiger partial charge on any atom is -0.478 e. The van der Waals surface area contributed by atoms with Crippen LogP contribution in [-0.2, 0) is 6.54 Å². The highest BCUT2D eigenvalue weighted by Crippen LogP contribution is 2.25. The molecule has 2 rings (SSSR count). The van der Waals surface area contributed by atoms with Crippen LogP contribution in [0.3, 0.4) is 0 Å². The van der Waals surface area contributed by atoms with Crippen LogP contribution in [0.2, 0.25) is 0 Å². The lowest BCUT2D eigenvalue weighted by molar-refractivity contribution is 0.0694. The van der Waals surface area contributed by atoms with Crippen LogP contribution in [0.4, 0.5) is 0 Å². The van der Waals surface area contributed by atoms with Gasteiger partial charge < -0.3 is 15.5 Å². The average Bonchev–Trinajstić information content (AvgIpc) is 2.84. The van der Waals surface area contributed by atoms with Crippen molar-refractivity contribution in [1.29, 1.82) is 0 Å². The molecule has 0 bridgehead atoms. The number of carboxylic acids is 1. The number of nitrogens with zero attached hydrogens (tertiary/aromatic N) is 2. The zero-order chi connectivity index (χ0) is 13.0. The zero-order valence-corrected chi connectivity index (χ0v) is 10.0. The van der Waals surface area contributed by atoms with Crippen LogP contribution in [0.25, 0.3) is 0 Å². The van der Waals surface area contributed by atoms with Gasteiger partial charge in [-0.3, -0.25) is 0 Å². The molecule has 1 aliphatic rings. The molecule has 0 aromatic carbocycles. The van der Waals surface area contributed by atoms with Crippen molar-refractivity contribution in [2.45, 2.75) is 31.8 Å². The van der Waals surface area contributed by atoms with Gasteiger partial charge in [0.1, 0.15) is 11.9 Å². The van der Waals surface area contributed by atoms with Gasteiger partial charge in [0.25, 0.3) is 0 Å². The molecule has 0 radical (unpaired) electrons. The van der Waals surface area contributed by atoms with E-state index in [0.717, 1.165) is 19.3 Å². The van der Waals surface area contributed by atoms with Crippen LogP contribution < -0.4 is 5.32 Å². The number of aliphatic hydroxyl groups is 1. The smallest absolute Gasteiger partial charge is 0.339 e. The molecule has 0 saturated heterocycles. The highest BCUT2D eigenvalue weighted by atomic mass is 16.4. The molecule has 1 aliphatic carbocycles. The van der Waals surface area contributed by atoms with Crippen molar-refractivity contribution in [2.75, 3.05) is 6.61 Å². The van der Waals surface area contributed by atoms with E-state index in [9.17, 15) is 9.90 Å². The molecule has 1 saturated carbocycles. The van der Waals surface area contributed by atoms with Crippen LogP contribution in [-0.4, -0.2) is 38.8 Å². The quantitative estimate of drug-likeness (QED) is 0.702. The third-order valence-corrected chi connectivity index (χ3v) is 3.45. The fourth-order valence-corrected chi connectivity index (χ4v) is 2.43. The molecule has 18 heavy (non-hydrogen) atoms. The number of aromatic carboxylic acids is 1. The molecular formula is C12H17N3O3. The van der Waals surface area contributed by atoms with Crippen molar-refractivity contribution in [3.8, 4) is 0 Å². The molecular weight excluding hydrogens is 234 g/mol. The number of aliphatic hydroxyl groups excluding tert-OH is 1. The first-order valence-corrected chi connectivity index (χ1v) is 6.08. The minimum absolute atomic E-state index is 0.128. The summed E-state index contributed by atoms with van der Waals surface area (Å²) >= 11 is 0. The topological polar surface area (TPSA) is 95.3 Å². The van der Waals surface area contributed by atoms with Gasteiger partial charge in [0.05, 0.1) is 5.69 Å². The summed E-state index contributed by atoms with van der Waals surface area (Å²) in [5.41, 5.74) is 0.615. The summed E-state index contributed by atoms with van der Waals surface area (Å²) in [6.07, 6.45) is 5.78. The summed E-state index contributed by atoms with van der Waals surface area (Å²) in [4.78, 5) is 18.7. The molecule has 2 atom stereocenters. The predicted octanol–water partition coefficient (Wildman–Crippen LogP) is 0.425. The Bertz CT molecular complexity index is 425. The van der Waals surface area contributed by atoms with Crippen LogP contribution in [0.15, 0.2) is 12.5 Å². The third kappa shape index (κ3) is 2.83. The SMILES string of the molecule is O=C(O)c1cncnc1CNC1CCCC1CO. The Kier molecular flexibility index (Phi) is 4.22. The van der Waals surface area contributed by atoms with E-state index in [4.69, 9.17) is 5.11 Å². The molecule has 2 unspecified atom stereocenters. The van der Waals surface area contributed by atoms with E-state index in [-0.39, 0.29) is 24.1 Å². The van der Waals surface area contributed by atoms with Gasteiger partial charge in [-0.1, -0.05) is 6.42 Å². The number of hydrogen-bond donors (Lipinski definition) is 3. The van der Waals surface area contributed by atoms with Crippen LogP contribution >= 0.6 is 0 Å². The van der Waals surface area contributed by atoms with Crippen molar-refractivity contribution < 1.29 is 15.0 Å². The van der Waals surface area contributed by atoms with E-state index < -0.39 is 5.97 Å².